The van der Waals surface area contributed by atoms with Crippen LogP contribution < -0.4 is 10.1 Å². The first kappa shape index (κ1) is 22.0. The van der Waals surface area contributed by atoms with Gasteiger partial charge in [-0.1, -0.05) is 0 Å². The Bertz CT molecular complexity index is 985. The zero-order valence-corrected chi connectivity index (χ0v) is 16.3. The van der Waals surface area contributed by atoms with Crippen LogP contribution >= 0.6 is 0 Å². The number of ether oxygens (including phenoxy) is 1. The Balaban J connectivity index is 1.58. The maximum Gasteiger partial charge on any atom is 0.573 e. The van der Waals surface area contributed by atoms with Crippen molar-refractivity contribution in [3.05, 3.63) is 59.9 Å². The number of alkyl halides is 3. The van der Waals surface area contributed by atoms with Crippen LogP contribution in [0.3, 0.4) is 0 Å². The van der Waals surface area contributed by atoms with E-state index < -0.39 is 28.0 Å². The number of nitrogens with one attached hydrogen (secondary N) is 1. The van der Waals surface area contributed by atoms with Crippen molar-refractivity contribution in [1.29, 1.82) is 0 Å². The molecule has 1 fully saturated rings. The van der Waals surface area contributed by atoms with E-state index in [4.69, 9.17) is 0 Å². The van der Waals surface area contributed by atoms with E-state index in [9.17, 15) is 30.8 Å². The average Bonchev–Trinajstić information content (AvgIpc) is 2.68. The Hall–Kier alpha value is -2.66. The molecule has 6 nitrogen and oxygen atoms in total. The molecule has 0 saturated carbocycles. The van der Waals surface area contributed by atoms with Crippen molar-refractivity contribution in [3.8, 4) is 5.75 Å². The van der Waals surface area contributed by atoms with Gasteiger partial charge in [-0.15, -0.1) is 13.2 Å². The SMILES string of the molecule is O=C(NC1CCN(S(=O)(=O)c2ccc(OC(F)(F)F)cc2)CC1)c1ccc(F)cc1. The first-order chi connectivity index (χ1) is 14.0. The Morgan fingerprint density at radius 2 is 1.57 bits per heavy atom. The summed E-state index contributed by atoms with van der Waals surface area (Å²) in [6.07, 6.45) is -4.14. The number of piperidine rings is 1. The van der Waals surface area contributed by atoms with Gasteiger partial charge in [-0.2, -0.15) is 4.31 Å². The first-order valence-electron chi connectivity index (χ1n) is 8.97. The number of hydrogen-bond acceptors (Lipinski definition) is 4. The van der Waals surface area contributed by atoms with Crippen molar-refractivity contribution in [1.82, 2.24) is 9.62 Å². The smallest absolute Gasteiger partial charge is 0.406 e. The number of amides is 1. The van der Waals surface area contributed by atoms with Gasteiger partial charge in [0, 0.05) is 24.7 Å². The minimum absolute atomic E-state index is 0.136. The molecule has 30 heavy (non-hydrogen) atoms. The number of carbonyl (C=O) groups excluding carboxylic acids is 1. The Morgan fingerprint density at radius 1 is 1.00 bits per heavy atom. The summed E-state index contributed by atoms with van der Waals surface area (Å²) in [5.41, 5.74) is 0.299. The summed E-state index contributed by atoms with van der Waals surface area (Å²) in [6, 6.07) is 8.80. The van der Waals surface area contributed by atoms with Crippen LogP contribution in [-0.4, -0.2) is 44.1 Å². The topological polar surface area (TPSA) is 75.7 Å². The Labute approximate surface area is 170 Å². The number of nitrogens with zero attached hydrogens (tertiary/aromatic N) is 1. The molecule has 1 aliphatic heterocycles. The van der Waals surface area contributed by atoms with E-state index in [1.165, 1.54) is 28.6 Å². The Kier molecular flexibility index (Phi) is 6.32. The zero-order valence-electron chi connectivity index (χ0n) is 15.5. The highest BCUT2D eigenvalue weighted by Gasteiger charge is 2.32. The second kappa shape index (κ2) is 8.60. The van der Waals surface area contributed by atoms with E-state index in [1.807, 2.05) is 0 Å². The minimum atomic E-state index is -4.86. The number of rotatable bonds is 5. The van der Waals surface area contributed by atoms with Crippen molar-refractivity contribution in [2.45, 2.75) is 30.1 Å². The summed E-state index contributed by atoms with van der Waals surface area (Å²) in [6.45, 7) is 0.273. The minimum Gasteiger partial charge on any atom is -0.406 e. The molecule has 0 aromatic heterocycles. The summed E-state index contributed by atoms with van der Waals surface area (Å²) >= 11 is 0. The van der Waals surface area contributed by atoms with Crippen LogP contribution in [0.2, 0.25) is 0 Å². The van der Waals surface area contributed by atoms with Gasteiger partial charge in [0.1, 0.15) is 11.6 Å². The molecule has 162 valence electrons. The average molecular weight is 446 g/mol. The normalized spacial score (nSPS) is 16.3. The van der Waals surface area contributed by atoms with Crippen LogP contribution in [0.15, 0.2) is 53.4 Å². The van der Waals surface area contributed by atoms with Crippen molar-refractivity contribution >= 4 is 15.9 Å². The quantitative estimate of drug-likeness (QED) is 0.716. The molecule has 0 bridgehead atoms. The molecule has 1 heterocycles. The highest BCUT2D eigenvalue weighted by molar-refractivity contribution is 7.89. The van der Waals surface area contributed by atoms with Crippen LogP contribution in [0.5, 0.6) is 5.75 Å². The van der Waals surface area contributed by atoms with Crippen LogP contribution in [0.4, 0.5) is 17.6 Å². The van der Waals surface area contributed by atoms with Gasteiger partial charge in [-0.3, -0.25) is 4.79 Å². The highest BCUT2D eigenvalue weighted by Crippen LogP contribution is 2.26. The highest BCUT2D eigenvalue weighted by atomic mass is 32.2. The molecular formula is C19H18F4N2O4S. The molecule has 1 amide bonds. The molecule has 3 rings (SSSR count). The lowest BCUT2D eigenvalue weighted by molar-refractivity contribution is -0.274. The molecule has 0 unspecified atom stereocenters. The maximum absolute atomic E-state index is 12.9. The number of benzene rings is 2. The van der Waals surface area contributed by atoms with Gasteiger partial charge in [0.05, 0.1) is 4.90 Å². The molecule has 0 radical (unpaired) electrons. The molecule has 11 heteroatoms. The summed E-state index contributed by atoms with van der Waals surface area (Å²) in [5, 5.41) is 2.79. The van der Waals surface area contributed by atoms with Gasteiger partial charge >= 0.3 is 6.36 Å². The van der Waals surface area contributed by atoms with E-state index in [1.54, 1.807) is 0 Å². The third-order valence-corrected chi connectivity index (χ3v) is 6.50. The van der Waals surface area contributed by atoms with E-state index in [0.29, 0.717) is 18.4 Å². The first-order valence-corrected chi connectivity index (χ1v) is 10.4. The number of sulfonamides is 1. The molecule has 0 spiro atoms. The van der Waals surface area contributed by atoms with Gasteiger partial charge in [0.25, 0.3) is 5.91 Å². The summed E-state index contributed by atoms with van der Waals surface area (Å²) in [7, 11) is -3.89. The molecule has 0 aliphatic carbocycles. The molecule has 2 aromatic rings. The summed E-state index contributed by atoms with van der Waals surface area (Å²) in [5.74, 6) is -1.34. The summed E-state index contributed by atoms with van der Waals surface area (Å²) < 4.78 is 80.0. The lowest BCUT2D eigenvalue weighted by Crippen LogP contribution is -2.46. The summed E-state index contributed by atoms with van der Waals surface area (Å²) in [4.78, 5) is 12.1. The lowest BCUT2D eigenvalue weighted by atomic mass is 10.1. The van der Waals surface area contributed by atoms with Gasteiger partial charge in [0.2, 0.25) is 10.0 Å². The molecule has 1 N–H and O–H groups in total. The fourth-order valence-corrected chi connectivity index (χ4v) is 4.54. The predicted octanol–water partition coefficient (Wildman–Crippen LogP) is 3.31. The van der Waals surface area contributed by atoms with Crippen LogP contribution in [-0.2, 0) is 10.0 Å². The molecular weight excluding hydrogens is 428 g/mol. The fourth-order valence-electron chi connectivity index (χ4n) is 3.07. The molecule has 1 aliphatic rings. The van der Waals surface area contributed by atoms with Gasteiger partial charge in [-0.25, -0.2) is 12.8 Å². The third kappa shape index (κ3) is 5.48. The lowest BCUT2D eigenvalue weighted by Gasteiger charge is -2.31. The van der Waals surface area contributed by atoms with Crippen molar-refractivity contribution < 1.29 is 35.5 Å². The molecule has 1 saturated heterocycles. The van der Waals surface area contributed by atoms with Crippen LogP contribution in [0.1, 0.15) is 23.2 Å². The van der Waals surface area contributed by atoms with Gasteiger partial charge < -0.3 is 10.1 Å². The van der Waals surface area contributed by atoms with Crippen molar-refractivity contribution in [2.24, 2.45) is 0 Å². The fraction of sp³-hybridized carbons (Fsp3) is 0.316. The van der Waals surface area contributed by atoms with E-state index in [0.717, 1.165) is 24.3 Å². The van der Waals surface area contributed by atoms with Crippen molar-refractivity contribution in [2.75, 3.05) is 13.1 Å². The monoisotopic (exact) mass is 446 g/mol. The number of halogens is 4. The largest absolute Gasteiger partial charge is 0.573 e. The van der Waals surface area contributed by atoms with E-state index >= 15 is 0 Å². The second-order valence-electron chi connectivity index (χ2n) is 6.68. The molecule has 0 atom stereocenters. The zero-order chi connectivity index (χ0) is 21.9. The van der Waals surface area contributed by atoms with Crippen LogP contribution in [0, 0.1) is 5.82 Å². The van der Waals surface area contributed by atoms with Crippen LogP contribution in [0.25, 0.3) is 0 Å². The van der Waals surface area contributed by atoms with E-state index in [-0.39, 0.29) is 29.9 Å². The maximum atomic E-state index is 12.9. The second-order valence-corrected chi connectivity index (χ2v) is 8.62. The third-order valence-electron chi connectivity index (χ3n) is 4.59. The predicted molar refractivity (Wildman–Crippen MR) is 98.8 cm³/mol. The number of carbonyl (C=O) groups is 1. The van der Waals surface area contributed by atoms with Gasteiger partial charge in [-0.05, 0) is 61.4 Å². The number of hydrogen-bond donors (Lipinski definition) is 1. The Morgan fingerprint density at radius 3 is 2.10 bits per heavy atom. The standard InChI is InChI=1S/C19H18F4N2O4S/c20-14-3-1-13(2-4-14)18(26)24-15-9-11-25(12-10-15)30(27,28)17-7-5-16(6-8-17)29-19(21,22)23/h1-8,15H,9-12H2,(H,24,26). The van der Waals surface area contributed by atoms with E-state index in [2.05, 4.69) is 10.1 Å². The van der Waals surface area contributed by atoms with Crippen molar-refractivity contribution in [3.63, 3.8) is 0 Å². The van der Waals surface area contributed by atoms with Gasteiger partial charge in [0.15, 0.2) is 0 Å². The molecule has 2 aromatic carbocycles.